The molecule has 0 N–H and O–H groups in total. The summed E-state index contributed by atoms with van der Waals surface area (Å²) in [6, 6.07) is 74.8. The molecule has 1 nitrogen and oxygen atoms in total. The smallest absolute Gasteiger partial charge is 0.0520 e. The largest absolute Gasteiger partial charge is 0.310 e. The van der Waals surface area contributed by atoms with Crippen molar-refractivity contribution < 1.29 is 0 Å². The Morgan fingerprint density at radius 2 is 0.774 bits per heavy atom. The summed E-state index contributed by atoms with van der Waals surface area (Å²) >= 11 is 0. The first kappa shape index (κ1) is 37.8. The first-order valence-corrected chi connectivity index (χ1v) is 22.1. The third-order valence-corrected chi connectivity index (χ3v) is 13.6. The predicted octanol–water partition coefficient (Wildman–Crippen LogP) is 16.5. The maximum Gasteiger partial charge on any atom is 0.0520 e. The topological polar surface area (TPSA) is 3.24 Å². The first-order chi connectivity index (χ1) is 30.3. The fourth-order valence-corrected chi connectivity index (χ4v) is 10.6. The Balaban J connectivity index is 1.12. The lowest BCUT2D eigenvalue weighted by atomic mass is 9.82. The second kappa shape index (κ2) is 15.0. The summed E-state index contributed by atoms with van der Waals surface area (Å²) < 4.78 is 0. The van der Waals surface area contributed by atoms with Gasteiger partial charge in [0.05, 0.1) is 5.69 Å². The summed E-state index contributed by atoms with van der Waals surface area (Å²) in [5, 5.41) is 0. The summed E-state index contributed by atoms with van der Waals surface area (Å²) in [5.41, 5.74) is 26.6. The normalized spacial score (nSPS) is 13.2. The van der Waals surface area contributed by atoms with Crippen molar-refractivity contribution in [3.63, 3.8) is 0 Å². The van der Waals surface area contributed by atoms with E-state index in [0.29, 0.717) is 0 Å². The molecule has 62 heavy (non-hydrogen) atoms. The van der Waals surface area contributed by atoms with Gasteiger partial charge in [0.1, 0.15) is 0 Å². The first-order valence-electron chi connectivity index (χ1n) is 22.1. The monoisotopic (exact) mass is 795 g/mol. The number of anilines is 3. The lowest BCUT2D eigenvalue weighted by Gasteiger charge is -2.32. The molecule has 9 aromatic carbocycles. The van der Waals surface area contributed by atoms with Gasteiger partial charge in [-0.25, -0.2) is 0 Å². The van der Waals surface area contributed by atoms with Crippen LogP contribution in [0.5, 0.6) is 0 Å². The summed E-state index contributed by atoms with van der Waals surface area (Å²) in [5.74, 6) is 0. The van der Waals surface area contributed by atoms with E-state index in [1.165, 1.54) is 112 Å². The maximum absolute atomic E-state index is 2.54. The van der Waals surface area contributed by atoms with Gasteiger partial charge in [-0.3, -0.25) is 0 Å². The molecule has 2 aliphatic carbocycles. The van der Waals surface area contributed by atoms with Gasteiger partial charge in [0, 0.05) is 16.8 Å². The minimum absolute atomic E-state index is 0.130. The van der Waals surface area contributed by atoms with Crippen LogP contribution < -0.4 is 4.90 Å². The van der Waals surface area contributed by atoms with Crippen molar-refractivity contribution in [2.45, 2.75) is 46.0 Å². The molecular weight excluding hydrogens is 747 g/mol. The highest BCUT2D eigenvalue weighted by Crippen LogP contribution is 2.52. The standard InChI is InChI=1S/C61H49N/c1-40-36-47(44-28-26-43(27-29-44)42-16-6-5-7-17-42)37-41(2)60(40)62(49-33-35-56-55-24-14-15-25-58(55)61(3,4)59(56)39-49)48-32-34-54-53-23-13-12-22-52(53)50-20-10-8-18-45(50)30-31-46-19-9-11-21-51(46)57(54)38-48/h5-29,32-39H,30-31H2,1-4H3. The van der Waals surface area contributed by atoms with Crippen molar-refractivity contribution in [1.29, 1.82) is 0 Å². The van der Waals surface area contributed by atoms with Crippen LogP contribution in [0.15, 0.2) is 200 Å². The van der Waals surface area contributed by atoms with Crippen molar-refractivity contribution in [2.75, 3.05) is 4.90 Å². The molecule has 0 heterocycles. The van der Waals surface area contributed by atoms with E-state index in [1.807, 2.05) is 0 Å². The molecule has 0 fully saturated rings. The zero-order valence-electron chi connectivity index (χ0n) is 35.9. The molecule has 0 saturated heterocycles. The number of hydrogen-bond acceptors (Lipinski definition) is 1. The average Bonchev–Trinajstić information content (AvgIpc) is 3.54. The molecule has 0 aliphatic heterocycles. The zero-order valence-corrected chi connectivity index (χ0v) is 35.9. The molecule has 0 aromatic heterocycles. The molecule has 11 rings (SSSR count). The minimum atomic E-state index is -0.130. The molecule has 0 amide bonds. The van der Waals surface area contributed by atoms with Crippen LogP contribution in [0.2, 0.25) is 0 Å². The summed E-state index contributed by atoms with van der Waals surface area (Å²) in [7, 11) is 0. The molecular formula is C61H49N. The molecule has 0 atom stereocenters. The second-order valence-corrected chi connectivity index (χ2v) is 17.7. The molecule has 298 valence electrons. The van der Waals surface area contributed by atoms with Gasteiger partial charge in [-0.2, -0.15) is 0 Å². The Morgan fingerprint density at radius 1 is 0.339 bits per heavy atom. The molecule has 0 saturated carbocycles. The van der Waals surface area contributed by atoms with Crippen molar-refractivity contribution in [2.24, 2.45) is 0 Å². The van der Waals surface area contributed by atoms with Gasteiger partial charge in [-0.15, -0.1) is 0 Å². The zero-order chi connectivity index (χ0) is 42.0. The van der Waals surface area contributed by atoms with Crippen LogP contribution in [0.1, 0.15) is 47.2 Å². The van der Waals surface area contributed by atoms with Gasteiger partial charge >= 0.3 is 0 Å². The number of rotatable bonds is 5. The van der Waals surface area contributed by atoms with E-state index in [4.69, 9.17) is 0 Å². The summed E-state index contributed by atoms with van der Waals surface area (Å²) in [6.07, 6.45) is 1.95. The van der Waals surface area contributed by atoms with Gasteiger partial charge in [-0.1, -0.05) is 178 Å². The van der Waals surface area contributed by atoms with E-state index in [0.717, 1.165) is 18.5 Å². The van der Waals surface area contributed by atoms with Gasteiger partial charge in [0.15, 0.2) is 0 Å². The lowest BCUT2D eigenvalue weighted by Crippen LogP contribution is -2.17. The van der Waals surface area contributed by atoms with Crippen LogP contribution in [0.4, 0.5) is 17.1 Å². The molecule has 0 bridgehead atoms. The number of benzene rings is 9. The van der Waals surface area contributed by atoms with Gasteiger partial charge in [0.2, 0.25) is 0 Å². The Morgan fingerprint density at radius 3 is 1.42 bits per heavy atom. The number of hydrogen-bond donors (Lipinski definition) is 0. The van der Waals surface area contributed by atoms with Crippen molar-refractivity contribution in [3.05, 3.63) is 234 Å². The Labute approximate surface area is 366 Å². The van der Waals surface area contributed by atoms with Gasteiger partial charge < -0.3 is 4.90 Å². The van der Waals surface area contributed by atoms with Crippen LogP contribution in [0.25, 0.3) is 66.8 Å². The van der Waals surface area contributed by atoms with Gasteiger partial charge in [0.25, 0.3) is 0 Å². The van der Waals surface area contributed by atoms with Crippen LogP contribution in [0.3, 0.4) is 0 Å². The summed E-state index contributed by atoms with van der Waals surface area (Å²) in [4.78, 5) is 2.54. The fraction of sp³-hybridized carbons (Fsp3) is 0.115. The van der Waals surface area contributed by atoms with Crippen LogP contribution in [-0.4, -0.2) is 0 Å². The van der Waals surface area contributed by atoms with E-state index in [9.17, 15) is 0 Å². The van der Waals surface area contributed by atoms with E-state index in [-0.39, 0.29) is 5.41 Å². The van der Waals surface area contributed by atoms with E-state index in [1.54, 1.807) is 0 Å². The number of aryl methyl sites for hydroxylation is 4. The van der Waals surface area contributed by atoms with Crippen molar-refractivity contribution in [3.8, 4) is 66.8 Å². The van der Waals surface area contributed by atoms with Crippen molar-refractivity contribution in [1.82, 2.24) is 0 Å². The minimum Gasteiger partial charge on any atom is -0.310 e. The molecule has 0 unspecified atom stereocenters. The van der Waals surface area contributed by atoms with Crippen LogP contribution in [0, 0.1) is 13.8 Å². The summed E-state index contributed by atoms with van der Waals surface area (Å²) in [6.45, 7) is 9.33. The van der Waals surface area contributed by atoms with Crippen LogP contribution >= 0.6 is 0 Å². The SMILES string of the molecule is Cc1cc(-c2ccc(-c3ccccc3)cc2)cc(C)c1N(c1ccc2c(c1)-c1ccccc1CCc1ccccc1-c1ccccc1-2)c1ccc2c(c1)C(C)(C)c1ccccc1-2. The highest BCUT2D eigenvalue weighted by molar-refractivity contribution is 5.96. The third-order valence-electron chi connectivity index (χ3n) is 13.6. The second-order valence-electron chi connectivity index (χ2n) is 17.7. The van der Waals surface area contributed by atoms with Gasteiger partial charge in [-0.05, 0) is 163 Å². The molecule has 0 radical (unpaired) electrons. The Bertz CT molecular complexity index is 3140. The lowest BCUT2D eigenvalue weighted by molar-refractivity contribution is 0.660. The highest BCUT2D eigenvalue weighted by Gasteiger charge is 2.36. The molecule has 0 spiro atoms. The molecule has 1 heteroatoms. The quantitative estimate of drug-likeness (QED) is 0.168. The Hall–Kier alpha value is -7.22. The predicted molar refractivity (Wildman–Crippen MR) is 263 cm³/mol. The number of nitrogens with zero attached hydrogens (tertiary/aromatic N) is 1. The third kappa shape index (κ3) is 6.31. The van der Waals surface area contributed by atoms with E-state index < -0.39 is 0 Å². The Kier molecular flexibility index (Phi) is 9.16. The molecule has 2 aliphatic rings. The van der Waals surface area contributed by atoms with Crippen LogP contribution in [-0.2, 0) is 18.3 Å². The van der Waals surface area contributed by atoms with Crippen molar-refractivity contribution >= 4 is 17.1 Å². The van der Waals surface area contributed by atoms with E-state index >= 15 is 0 Å². The van der Waals surface area contributed by atoms with E-state index in [2.05, 4.69) is 233 Å². The highest BCUT2D eigenvalue weighted by atomic mass is 15.1. The fourth-order valence-electron chi connectivity index (χ4n) is 10.6. The molecule has 9 aromatic rings. The average molecular weight is 796 g/mol. The number of fused-ring (bicyclic) bond motifs is 10. The maximum atomic E-state index is 2.54.